The molecule has 25 heavy (non-hydrogen) atoms. The highest BCUT2D eigenvalue weighted by molar-refractivity contribution is 6.38. The summed E-state index contributed by atoms with van der Waals surface area (Å²) in [6.07, 6.45) is 5.34. The molecule has 4 heteroatoms. The lowest BCUT2D eigenvalue weighted by atomic mass is 9.92. The van der Waals surface area contributed by atoms with Crippen LogP contribution in [0, 0.1) is 5.92 Å². The topological polar surface area (TPSA) is 20.3 Å². The maximum Gasteiger partial charge on any atom is 0.255 e. The van der Waals surface area contributed by atoms with Crippen LogP contribution in [0.1, 0.15) is 69.3 Å². The molecule has 1 aliphatic heterocycles. The van der Waals surface area contributed by atoms with Gasteiger partial charge in [0.05, 0.1) is 10.6 Å². The van der Waals surface area contributed by atoms with Gasteiger partial charge in [0.1, 0.15) is 0 Å². The summed E-state index contributed by atoms with van der Waals surface area (Å²) in [5.74, 6) is 0.790. The van der Waals surface area contributed by atoms with Crippen LogP contribution in [0.15, 0.2) is 23.3 Å². The summed E-state index contributed by atoms with van der Waals surface area (Å²) < 4.78 is 0. The highest BCUT2D eigenvalue weighted by Gasteiger charge is 2.25. The molecule has 0 spiro atoms. The molecule has 0 aliphatic carbocycles. The molecule has 1 aliphatic rings. The van der Waals surface area contributed by atoms with Crippen molar-refractivity contribution in [1.29, 1.82) is 0 Å². The minimum absolute atomic E-state index is 0.0349. The molecule has 1 saturated heterocycles. The van der Waals surface area contributed by atoms with E-state index in [2.05, 4.69) is 27.7 Å². The summed E-state index contributed by atoms with van der Waals surface area (Å²) in [6, 6.07) is 3.57. The lowest BCUT2D eigenvalue weighted by Crippen LogP contribution is -2.38. The molecule has 0 N–H and O–H groups in total. The van der Waals surface area contributed by atoms with Crippen molar-refractivity contribution in [2.75, 3.05) is 13.1 Å². The van der Waals surface area contributed by atoms with E-state index in [9.17, 15) is 4.79 Å². The van der Waals surface area contributed by atoms with Crippen LogP contribution >= 0.6 is 23.2 Å². The fourth-order valence-corrected chi connectivity index (χ4v) is 3.96. The molecule has 1 heterocycles. The van der Waals surface area contributed by atoms with Crippen LogP contribution in [-0.2, 0) is 6.42 Å². The van der Waals surface area contributed by atoms with E-state index >= 15 is 0 Å². The van der Waals surface area contributed by atoms with Crippen LogP contribution in [0.4, 0.5) is 0 Å². The normalized spacial score (nSPS) is 15.4. The number of hydrogen-bond acceptors (Lipinski definition) is 1. The molecular weight excluding hydrogens is 353 g/mol. The van der Waals surface area contributed by atoms with Crippen molar-refractivity contribution in [3.63, 3.8) is 0 Å². The average Bonchev–Trinajstić information content (AvgIpc) is 2.58. The van der Waals surface area contributed by atoms with Crippen LogP contribution in [0.3, 0.4) is 0 Å². The number of piperidine rings is 1. The first kappa shape index (κ1) is 20.3. The third-order valence-electron chi connectivity index (χ3n) is 5.31. The third-order valence-corrected chi connectivity index (χ3v) is 6.10. The molecule has 2 nitrogen and oxygen atoms in total. The van der Waals surface area contributed by atoms with Crippen LogP contribution < -0.4 is 0 Å². The maximum absolute atomic E-state index is 13.0. The molecule has 0 radical (unpaired) electrons. The van der Waals surface area contributed by atoms with Crippen molar-refractivity contribution < 1.29 is 4.79 Å². The van der Waals surface area contributed by atoms with Crippen molar-refractivity contribution in [3.05, 3.63) is 44.5 Å². The Morgan fingerprint density at radius 1 is 1.16 bits per heavy atom. The Balaban J connectivity index is 2.19. The van der Waals surface area contributed by atoms with Gasteiger partial charge in [-0.2, -0.15) is 0 Å². The molecule has 0 bridgehead atoms. The first-order valence-corrected chi connectivity index (χ1v) is 9.99. The minimum Gasteiger partial charge on any atom is -0.339 e. The first-order valence-electron chi connectivity index (χ1n) is 9.24. The standard InChI is InChI=1S/C21H29Cl2NO/c1-5-6-16-9-11-24(12-10-16)21(25)17-7-8-19(22)18(20(17)23)13-15(4)14(2)3/h7-8,16H,5-6,9-13H2,1-4H3. The molecule has 2 rings (SSSR count). The lowest BCUT2D eigenvalue weighted by Gasteiger charge is -2.32. The Morgan fingerprint density at radius 3 is 2.36 bits per heavy atom. The zero-order valence-electron chi connectivity index (χ0n) is 15.8. The van der Waals surface area contributed by atoms with Crippen molar-refractivity contribution in [1.82, 2.24) is 4.90 Å². The summed E-state index contributed by atoms with van der Waals surface area (Å²) in [6.45, 7) is 10.1. The lowest BCUT2D eigenvalue weighted by molar-refractivity contribution is 0.0686. The fraction of sp³-hybridized carbons (Fsp3) is 0.571. The Labute approximate surface area is 162 Å². The predicted octanol–water partition coefficient (Wildman–Crippen LogP) is 6.54. The van der Waals surface area contributed by atoms with Crippen LogP contribution in [0.25, 0.3) is 0 Å². The van der Waals surface area contributed by atoms with Crippen molar-refractivity contribution in [2.24, 2.45) is 5.92 Å². The summed E-state index contributed by atoms with van der Waals surface area (Å²) in [5, 5.41) is 1.14. The second-order valence-electron chi connectivity index (χ2n) is 7.37. The molecule has 138 valence electrons. The second-order valence-corrected chi connectivity index (χ2v) is 8.15. The van der Waals surface area contributed by atoms with Gasteiger partial charge in [0.25, 0.3) is 5.91 Å². The first-order chi connectivity index (χ1) is 11.8. The highest BCUT2D eigenvalue weighted by atomic mass is 35.5. The number of halogens is 2. The van der Waals surface area contributed by atoms with Crippen molar-refractivity contribution >= 4 is 29.1 Å². The molecule has 1 fully saturated rings. The summed E-state index contributed by atoms with van der Waals surface area (Å²) >= 11 is 13.0. The number of rotatable bonds is 5. The number of amides is 1. The second kappa shape index (κ2) is 9.09. The number of benzene rings is 1. The van der Waals surface area contributed by atoms with Gasteiger partial charge in [-0.15, -0.1) is 0 Å². The van der Waals surface area contributed by atoms with Gasteiger partial charge in [0, 0.05) is 18.1 Å². The van der Waals surface area contributed by atoms with Crippen LogP contribution in [0.2, 0.25) is 10.0 Å². The molecule has 0 saturated carbocycles. The number of carbonyl (C=O) groups is 1. The number of allylic oxidation sites excluding steroid dienone is 2. The third kappa shape index (κ3) is 5.01. The fourth-order valence-electron chi connectivity index (χ4n) is 3.37. The van der Waals surface area contributed by atoms with Gasteiger partial charge in [-0.05, 0) is 63.6 Å². The number of carbonyl (C=O) groups excluding carboxylic acids is 1. The quantitative estimate of drug-likeness (QED) is 0.529. The molecule has 0 aromatic heterocycles. The molecule has 1 amide bonds. The summed E-state index contributed by atoms with van der Waals surface area (Å²) in [7, 11) is 0. The largest absolute Gasteiger partial charge is 0.339 e. The van der Waals surface area contributed by atoms with E-state index in [1.54, 1.807) is 12.1 Å². The zero-order valence-corrected chi connectivity index (χ0v) is 17.3. The van der Waals surface area contributed by atoms with Gasteiger partial charge in [-0.1, -0.05) is 54.1 Å². The van der Waals surface area contributed by atoms with Gasteiger partial charge in [0.15, 0.2) is 0 Å². The van der Waals surface area contributed by atoms with Gasteiger partial charge in [-0.3, -0.25) is 4.79 Å². The Morgan fingerprint density at radius 2 is 1.80 bits per heavy atom. The summed E-state index contributed by atoms with van der Waals surface area (Å²) in [4.78, 5) is 14.9. The van der Waals surface area contributed by atoms with Crippen LogP contribution in [-0.4, -0.2) is 23.9 Å². The van der Waals surface area contributed by atoms with Gasteiger partial charge in [-0.25, -0.2) is 0 Å². The van der Waals surface area contributed by atoms with E-state index in [1.807, 2.05) is 4.90 Å². The summed E-state index contributed by atoms with van der Waals surface area (Å²) in [5.41, 5.74) is 3.92. The maximum atomic E-state index is 13.0. The Hall–Kier alpha value is -0.990. The Bertz CT molecular complexity index is 654. The van der Waals surface area contributed by atoms with E-state index in [0.29, 0.717) is 22.0 Å². The number of hydrogen-bond donors (Lipinski definition) is 0. The predicted molar refractivity (Wildman–Crippen MR) is 108 cm³/mol. The van der Waals surface area contributed by atoms with E-state index in [1.165, 1.54) is 24.0 Å². The smallest absolute Gasteiger partial charge is 0.255 e. The minimum atomic E-state index is 0.0349. The van der Waals surface area contributed by atoms with Gasteiger partial charge in [0.2, 0.25) is 0 Å². The van der Waals surface area contributed by atoms with Gasteiger partial charge >= 0.3 is 0 Å². The van der Waals surface area contributed by atoms with E-state index in [0.717, 1.165) is 37.4 Å². The van der Waals surface area contributed by atoms with Gasteiger partial charge < -0.3 is 4.90 Å². The van der Waals surface area contributed by atoms with Crippen molar-refractivity contribution in [3.8, 4) is 0 Å². The molecular formula is C21H29Cl2NO. The monoisotopic (exact) mass is 381 g/mol. The molecule has 0 unspecified atom stereocenters. The SMILES string of the molecule is CCCC1CCN(C(=O)c2ccc(Cl)c(CC(C)=C(C)C)c2Cl)CC1. The molecule has 1 aromatic carbocycles. The zero-order chi connectivity index (χ0) is 18.6. The van der Waals surface area contributed by atoms with Crippen molar-refractivity contribution in [2.45, 2.75) is 59.8 Å². The Kier molecular flexibility index (Phi) is 7.39. The number of nitrogens with zero attached hydrogens (tertiary/aromatic N) is 1. The van der Waals surface area contributed by atoms with Crippen LogP contribution in [0.5, 0.6) is 0 Å². The van der Waals surface area contributed by atoms with E-state index < -0.39 is 0 Å². The van der Waals surface area contributed by atoms with E-state index in [4.69, 9.17) is 23.2 Å². The van der Waals surface area contributed by atoms with E-state index in [-0.39, 0.29) is 5.91 Å². The molecule has 1 aromatic rings. The highest BCUT2D eigenvalue weighted by Crippen LogP contribution is 2.32. The average molecular weight is 382 g/mol. The number of likely N-dealkylation sites (tertiary alicyclic amines) is 1. The molecule has 0 atom stereocenters.